The van der Waals surface area contributed by atoms with Crippen LogP contribution < -0.4 is 19.9 Å². The summed E-state index contributed by atoms with van der Waals surface area (Å²) in [5, 5.41) is 15.8. The van der Waals surface area contributed by atoms with Crippen LogP contribution in [0.15, 0.2) is 190 Å². The van der Waals surface area contributed by atoms with E-state index in [-0.39, 0.29) is 30.0 Å². The van der Waals surface area contributed by atoms with Gasteiger partial charge in [-0.25, -0.2) is 65.4 Å². The third-order valence-electron chi connectivity index (χ3n) is 14.2. The van der Waals surface area contributed by atoms with Crippen LogP contribution in [-0.4, -0.2) is 129 Å². The Labute approximate surface area is 675 Å². The summed E-state index contributed by atoms with van der Waals surface area (Å²) in [5.41, 5.74) is 28.3. The topological polar surface area (TPSA) is 397 Å². The van der Waals surface area contributed by atoms with Gasteiger partial charge in [-0.15, -0.1) is 56.7 Å². The summed E-state index contributed by atoms with van der Waals surface area (Å²) in [4.78, 5) is 66.5. The molecule has 0 aliphatic carbocycles. The molecule has 0 bridgehead atoms. The van der Waals surface area contributed by atoms with E-state index in [0.717, 1.165) is 98.8 Å². The molecular weight excluding hydrogens is 1660 g/mol. The predicted molar refractivity (Wildman–Crippen MR) is 435 cm³/mol. The minimum atomic E-state index is -3.52. The van der Waals surface area contributed by atoms with Crippen LogP contribution in [0.5, 0.6) is 5.75 Å². The van der Waals surface area contributed by atoms with E-state index in [0.29, 0.717) is 41.6 Å². The Bertz CT molecular complexity index is 5450. The van der Waals surface area contributed by atoms with E-state index in [2.05, 4.69) is 114 Å². The van der Waals surface area contributed by atoms with Crippen LogP contribution in [0.1, 0.15) is 68.1 Å². The number of aromatic nitrogens is 9. The number of carbonyl (C=O) groups is 2. The Morgan fingerprint density at radius 3 is 1.45 bits per heavy atom. The van der Waals surface area contributed by atoms with Crippen LogP contribution in [0.3, 0.4) is 0 Å². The van der Waals surface area contributed by atoms with Crippen molar-refractivity contribution >= 4 is 183 Å². The van der Waals surface area contributed by atoms with E-state index in [9.17, 15) is 26.4 Å². The number of imidazole rings is 2. The number of aryl methyl sites for hydroxylation is 5. The number of nitrogens with two attached hydrogens (primary N) is 1. The number of benzene rings is 7. The molecule has 110 heavy (non-hydrogen) atoms. The molecular formula is C72H80Cl2MnN12O15S8. The van der Waals surface area contributed by atoms with Crippen molar-refractivity contribution in [1.82, 2.24) is 53.5 Å². The Balaban J connectivity index is 0.000000338. The summed E-state index contributed by atoms with van der Waals surface area (Å²) < 4.78 is 104. The van der Waals surface area contributed by atoms with Crippen LogP contribution in [-0.2, 0) is 104 Å². The van der Waals surface area contributed by atoms with Gasteiger partial charge in [-0.2, -0.15) is 9.59 Å². The standard InChI is InChI=1S/C20H20N4O2S2.C11H14N4O2S.C8H5NO2S.C8H7NOS.C8H5NOS.C8H7NS.C4H8O.C2H6.CO2.CH4O.CH4.Cl2OS.Mn.2O/c1-21-28(25,26)16-7-6-15(17(10-16)19-11-24(2)12-22-19)5-3-14-4-8-20-18(9-14)23-13-27-20;1-13-18(16,17)8-3-4-10(12)9(5-8)11-6-15(2)7-14-11;10-5-11-6-1-2-8-7(3-6)9-4-12-8;2*10-4-6-1-2-8-7(3-6)9-5-11-8;1-6-2-3-8-7(4-6)9-5-10-8;1-2-4-5-3-1;1-2;2-1-3;1-2;;1-4(2)3;;;/h4,6-13,21H,3,5H2,1-2H3;3-7,13H,12H2,1-2H3;1-5H;1-3,5,10H,4H2;1-5H;2-5H,1H3;1-4H2;1-2H3;;2H,1H3;1H4;;;;/i;;;;;;;1D;;;;;;;. The van der Waals surface area contributed by atoms with Crippen LogP contribution >= 0.6 is 78.0 Å². The maximum absolute atomic E-state index is 12.2. The van der Waals surface area contributed by atoms with E-state index in [4.69, 9.17) is 43.5 Å². The van der Waals surface area contributed by atoms with Gasteiger partial charge in [0.05, 0.1) is 119 Å². The fourth-order valence-electron chi connectivity index (χ4n) is 9.18. The Hall–Kier alpha value is -8.72. The molecule has 7 aromatic heterocycles. The second kappa shape index (κ2) is 51.7. The number of ether oxygens (including phenoxy) is 2. The molecule has 1 fully saturated rings. The van der Waals surface area contributed by atoms with Crippen molar-refractivity contribution in [3.63, 3.8) is 0 Å². The number of aliphatic hydroxyl groups is 2. The zero-order valence-electron chi connectivity index (χ0n) is 60.3. The zero-order chi connectivity index (χ0) is 81.0. The van der Waals surface area contributed by atoms with Gasteiger partial charge in [0.15, 0.2) is 0 Å². The molecule has 14 aromatic rings. The molecule has 15 rings (SSSR count). The second-order valence-electron chi connectivity index (χ2n) is 21.2. The molecule has 1 aliphatic rings. The number of rotatable bonds is 13. The molecule has 8 heterocycles. The van der Waals surface area contributed by atoms with E-state index in [1.165, 1.54) is 64.3 Å². The molecule has 587 valence electrons. The summed E-state index contributed by atoms with van der Waals surface area (Å²) in [7, 11) is 7.88. The summed E-state index contributed by atoms with van der Waals surface area (Å²) in [6.07, 6.45) is 12.3. The molecule has 6 N–H and O–H groups in total. The van der Waals surface area contributed by atoms with Crippen molar-refractivity contribution in [3.05, 3.63) is 208 Å². The first-order chi connectivity index (χ1) is 52.9. The SMILES string of the molecule is C.C1CCOC1.CNS(=O)(=O)c1ccc(CCc2ccc3scnc3c2)c(-c2cn(C)cn2)c1.CNS(=O)(=O)c1ccc(N)c(-c2cn(C)cn2)c1.CO.Cc1ccc2scnc2c1.O=C=O.O=COc1ccc2scnc2c1.O=Cc1ccc2scnc2c1.O=S(Cl)Cl.OCc1ccc2scnc2c1.[2H]CC.[O]=[Mn]=[O]. The van der Waals surface area contributed by atoms with Gasteiger partial charge in [-0.05, 0) is 160 Å². The van der Waals surface area contributed by atoms with Crippen molar-refractivity contribution in [2.75, 3.05) is 40.2 Å². The average Bonchev–Trinajstić information content (AvgIpc) is 1.79. The third-order valence-corrected chi connectivity index (χ3v) is 21.0. The first-order valence-corrected chi connectivity index (χ1v) is 42.6. The molecule has 0 amide bonds. The Kier molecular flexibility index (Phi) is 44.0. The van der Waals surface area contributed by atoms with Gasteiger partial charge in [0, 0.05) is 98.0 Å². The maximum atomic E-state index is 12.2. The average molecular weight is 1740 g/mol. The van der Waals surface area contributed by atoms with Crippen molar-refractivity contribution in [3.8, 4) is 28.3 Å². The second-order valence-corrected chi connectivity index (χ2v) is 32.1. The van der Waals surface area contributed by atoms with Crippen LogP contribution in [0.4, 0.5) is 5.69 Å². The van der Waals surface area contributed by atoms with Gasteiger partial charge in [-0.1, -0.05) is 51.6 Å². The predicted octanol–water partition coefficient (Wildman–Crippen LogP) is 14.6. The molecule has 7 aromatic carbocycles. The molecule has 1 saturated heterocycles. The quantitative estimate of drug-likeness (QED) is 0.0310. The number of hydrogen-bond donors (Lipinski definition) is 5. The number of anilines is 1. The number of aliphatic hydroxyl groups excluding tert-OH is 2. The Morgan fingerprint density at radius 2 is 1.03 bits per heavy atom. The van der Waals surface area contributed by atoms with Gasteiger partial charge in [0.2, 0.25) is 29.3 Å². The fraction of sp³-hybridized carbons (Fsp3) is 0.222. The number of nitrogens with one attached hydrogen (secondary N) is 2. The van der Waals surface area contributed by atoms with Crippen molar-refractivity contribution in [2.24, 2.45) is 14.1 Å². The number of aldehydes is 1. The molecule has 27 nitrogen and oxygen atoms in total. The Morgan fingerprint density at radius 1 is 0.627 bits per heavy atom. The van der Waals surface area contributed by atoms with E-state index >= 15 is 0 Å². The fourth-order valence-corrected chi connectivity index (χ4v) is 14.0. The molecule has 1 aliphatic heterocycles. The van der Waals surface area contributed by atoms with E-state index in [1.807, 2.05) is 77.8 Å². The normalized spacial score (nSPS) is 10.9. The molecule has 0 atom stereocenters. The van der Waals surface area contributed by atoms with Gasteiger partial charge >= 0.3 is 28.6 Å². The van der Waals surface area contributed by atoms with Crippen molar-refractivity contribution < 1.29 is 83.8 Å². The van der Waals surface area contributed by atoms with Crippen LogP contribution in [0.25, 0.3) is 73.6 Å². The van der Waals surface area contributed by atoms with Crippen LogP contribution in [0.2, 0.25) is 0 Å². The van der Waals surface area contributed by atoms with Gasteiger partial charge in [0.25, 0.3) is 6.47 Å². The summed E-state index contributed by atoms with van der Waals surface area (Å²) in [6.45, 7) is 6.87. The number of sulfonamides is 2. The van der Waals surface area contributed by atoms with Gasteiger partial charge in [0.1, 0.15) is 12.0 Å². The molecule has 0 unspecified atom stereocenters. The summed E-state index contributed by atoms with van der Waals surface area (Å²) in [6, 6.07) is 39.1. The van der Waals surface area contributed by atoms with Crippen molar-refractivity contribution in [2.45, 2.75) is 70.3 Å². The van der Waals surface area contributed by atoms with E-state index < -0.39 is 44.1 Å². The minimum absolute atomic E-state index is 0. The zero-order valence-corrected chi connectivity index (χ0v) is 68.6. The number of fused-ring (bicyclic) bond motifs is 5. The monoisotopic (exact) mass is 1730 g/mol. The number of hydrogen-bond acceptors (Lipinski definition) is 28. The summed E-state index contributed by atoms with van der Waals surface area (Å²) >= 11 is 6.63. The summed E-state index contributed by atoms with van der Waals surface area (Å²) in [5.74, 6) is 0.531. The first kappa shape index (κ1) is 93.7. The van der Waals surface area contributed by atoms with Gasteiger partial charge in [-0.3, -0.25) is 9.59 Å². The molecule has 0 radical (unpaired) electrons. The number of thiazole rings is 5. The molecule has 0 spiro atoms. The molecule has 0 saturated carbocycles. The molecule has 38 heteroatoms. The third kappa shape index (κ3) is 31.9. The number of nitrogens with zero attached hydrogens (tertiary/aromatic N) is 9. The number of nitrogen functional groups attached to an aromatic ring is 1. The van der Waals surface area contributed by atoms with Gasteiger partial charge < -0.3 is 34.6 Å². The van der Waals surface area contributed by atoms with Crippen molar-refractivity contribution in [1.29, 1.82) is 0 Å². The number of carbonyl (C=O) groups excluding carboxylic acids is 4. The number of halogens is 2. The first-order valence-electron chi connectivity index (χ1n) is 32.2. The van der Waals surface area contributed by atoms with Crippen LogP contribution in [0, 0.1) is 6.92 Å². The van der Waals surface area contributed by atoms with E-state index in [1.54, 1.807) is 141 Å².